The fourth-order valence-electron chi connectivity index (χ4n) is 2.80. The van der Waals surface area contributed by atoms with Crippen molar-refractivity contribution in [2.75, 3.05) is 29.1 Å². The van der Waals surface area contributed by atoms with Gasteiger partial charge in [-0.1, -0.05) is 24.3 Å². The molecule has 0 saturated heterocycles. The summed E-state index contributed by atoms with van der Waals surface area (Å²) in [5, 5.41) is 2.75. The maximum atomic E-state index is 12.4. The van der Waals surface area contributed by atoms with E-state index in [0.717, 1.165) is 10.6 Å². The summed E-state index contributed by atoms with van der Waals surface area (Å²) in [5.41, 5.74) is 1.55. The molecule has 2 aromatic rings. The van der Waals surface area contributed by atoms with Gasteiger partial charge in [-0.2, -0.15) is 0 Å². The van der Waals surface area contributed by atoms with Crippen molar-refractivity contribution in [3.63, 3.8) is 0 Å². The number of ether oxygens (including phenoxy) is 1. The van der Waals surface area contributed by atoms with E-state index in [-0.39, 0.29) is 31.4 Å². The Morgan fingerprint density at radius 3 is 2.70 bits per heavy atom. The molecule has 140 valence electrons. The molecule has 0 atom stereocenters. The van der Waals surface area contributed by atoms with Crippen LogP contribution in [-0.2, 0) is 14.3 Å². The summed E-state index contributed by atoms with van der Waals surface area (Å²) in [7, 11) is 0. The molecule has 1 heterocycles. The highest BCUT2D eigenvalue weighted by Gasteiger charge is 2.24. The number of carbonyl (C=O) groups is 3. The average molecular weight is 384 g/mol. The van der Waals surface area contributed by atoms with Crippen molar-refractivity contribution in [2.24, 2.45) is 0 Å². The number of carbonyl (C=O) groups excluding carboxylic acids is 3. The van der Waals surface area contributed by atoms with Crippen LogP contribution in [0.5, 0.6) is 0 Å². The highest BCUT2D eigenvalue weighted by molar-refractivity contribution is 8.00. The van der Waals surface area contributed by atoms with Crippen LogP contribution in [0.4, 0.5) is 11.4 Å². The highest BCUT2D eigenvalue weighted by atomic mass is 32.2. The van der Waals surface area contributed by atoms with Crippen molar-refractivity contribution in [1.82, 2.24) is 0 Å². The molecule has 0 spiro atoms. The third-order valence-corrected chi connectivity index (χ3v) is 5.11. The van der Waals surface area contributed by atoms with Crippen LogP contribution in [0, 0.1) is 0 Å². The zero-order valence-electron chi connectivity index (χ0n) is 14.9. The van der Waals surface area contributed by atoms with Gasteiger partial charge >= 0.3 is 5.97 Å². The van der Waals surface area contributed by atoms with Crippen LogP contribution in [0.1, 0.15) is 23.7 Å². The molecule has 0 unspecified atom stereocenters. The molecule has 6 nitrogen and oxygen atoms in total. The van der Waals surface area contributed by atoms with Gasteiger partial charge in [-0.25, -0.2) is 4.79 Å². The first kappa shape index (κ1) is 19.0. The molecule has 1 N–H and O–H groups in total. The summed E-state index contributed by atoms with van der Waals surface area (Å²) in [6.07, 6.45) is 0.127. The van der Waals surface area contributed by atoms with E-state index in [1.54, 1.807) is 36.1 Å². The zero-order valence-corrected chi connectivity index (χ0v) is 15.8. The lowest BCUT2D eigenvalue weighted by atomic mass is 10.1. The Bertz CT molecular complexity index is 869. The standard InChI is InChI=1S/C20H20N2O4S/c1-2-26-20(25)14-7-3-4-8-15(14)21-18(23)11-12-22-16-9-5-6-10-17(16)27-13-19(22)24/h3-10H,2,11-13H2,1H3,(H,21,23). The van der Waals surface area contributed by atoms with Gasteiger partial charge in [0.25, 0.3) is 0 Å². The Morgan fingerprint density at radius 2 is 1.89 bits per heavy atom. The van der Waals surface area contributed by atoms with Crippen molar-refractivity contribution in [3.05, 3.63) is 54.1 Å². The Morgan fingerprint density at radius 1 is 1.15 bits per heavy atom. The van der Waals surface area contributed by atoms with E-state index >= 15 is 0 Å². The summed E-state index contributed by atoms with van der Waals surface area (Å²) in [6, 6.07) is 14.4. The van der Waals surface area contributed by atoms with E-state index in [2.05, 4.69) is 5.32 Å². The Labute approximate surface area is 161 Å². The second-order valence-corrected chi connectivity index (χ2v) is 6.88. The number of para-hydroxylation sites is 2. The van der Waals surface area contributed by atoms with Crippen LogP contribution in [-0.4, -0.2) is 36.7 Å². The molecule has 0 aromatic heterocycles. The first-order valence-corrected chi connectivity index (χ1v) is 9.67. The number of nitrogens with one attached hydrogen (secondary N) is 1. The molecule has 1 aliphatic rings. The molecule has 7 heteroatoms. The summed E-state index contributed by atoms with van der Waals surface area (Å²) < 4.78 is 5.01. The fraction of sp³-hybridized carbons (Fsp3) is 0.250. The van der Waals surface area contributed by atoms with Gasteiger partial charge in [0, 0.05) is 17.9 Å². The van der Waals surface area contributed by atoms with E-state index in [9.17, 15) is 14.4 Å². The molecule has 0 saturated carbocycles. The molecule has 0 bridgehead atoms. The smallest absolute Gasteiger partial charge is 0.340 e. The monoisotopic (exact) mass is 384 g/mol. The topological polar surface area (TPSA) is 75.7 Å². The Hall–Kier alpha value is -2.80. The van der Waals surface area contributed by atoms with Crippen LogP contribution >= 0.6 is 11.8 Å². The van der Waals surface area contributed by atoms with Crippen molar-refractivity contribution in [3.8, 4) is 0 Å². The van der Waals surface area contributed by atoms with E-state index < -0.39 is 5.97 Å². The predicted molar refractivity (Wildman–Crippen MR) is 105 cm³/mol. The van der Waals surface area contributed by atoms with Crippen molar-refractivity contribution in [2.45, 2.75) is 18.2 Å². The number of hydrogen-bond acceptors (Lipinski definition) is 5. The SMILES string of the molecule is CCOC(=O)c1ccccc1NC(=O)CCN1C(=O)CSc2ccccc21. The summed E-state index contributed by atoms with van der Waals surface area (Å²) in [6.45, 7) is 2.27. The normalized spacial score (nSPS) is 13.1. The highest BCUT2D eigenvalue weighted by Crippen LogP contribution is 2.34. The van der Waals surface area contributed by atoms with E-state index in [4.69, 9.17) is 4.74 Å². The number of nitrogens with zero attached hydrogens (tertiary/aromatic N) is 1. The van der Waals surface area contributed by atoms with Gasteiger partial charge in [0.1, 0.15) is 0 Å². The molecule has 3 rings (SSSR count). The van der Waals surface area contributed by atoms with Gasteiger partial charge in [0.2, 0.25) is 11.8 Å². The molecule has 2 amide bonds. The molecule has 0 fully saturated rings. The fourth-order valence-corrected chi connectivity index (χ4v) is 3.74. The molecular weight excluding hydrogens is 364 g/mol. The average Bonchev–Trinajstić information content (AvgIpc) is 2.68. The summed E-state index contributed by atoms with van der Waals surface area (Å²) in [4.78, 5) is 39.3. The van der Waals surface area contributed by atoms with Crippen molar-refractivity contribution < 1.29 is 19.1 Å². The number of fused-ring (bicyclic) bond motifs is 1. The lowest BCUT2D eigenvalue weighted by Gasteiger charge is -2.28. The number of thioether (sulfide) groups is 1. The maximum absolute atomic E-state index is 12.4. The minimum absolute atomic E-state index is 0.0153. The largest absolute Gasteiger partial charge is 0.462 e. The van der Waals surface area contributed by atoms with Gasteiger partial charge in [0.05, 0.1) is 29.3 Å². The number of rotatable bonds is 6. The van der Waals surface area contributed by atoms with Gasteiger partial charge < -0.3 is 15.0 Å². The van der Waals surface area contributed by atoms with Crippen LogP contribution < -0.4 is 10.2 Å². The third-order valence-electron chi connectivity index (χ3n) is 4.07. The van der Waals surface area contributed by atoms with Crippen molar-refractivity contribution in [1.29, 1.82) is 0 Å². The first-order chi connectivity index (χ1) is 13.1. The van der Waals surface area contributed by atoms with Gasteiger partial charge in [-0.3, -0.25) is 9.59 Å². The summed E-state index contributed by atoms with van der Waals surface area (Å²) in [5.74, 6) is -0.399. The van der Waals surface area contributed by atoms with Crippen molar-refractivity contribution >= 4 is 40.9 Å². The van der Waals surface area contributed by atoms with E-state index in [0.29, 0.717) is 17.0 Å². The number of esters is 1. The number of benzene rings is 2. The second kappa shape index (κ2) is 8.73. The Kier molecular flexibility index (Phi) is 6.13. The first-order valence-electron chi connectivity index (χ1n) is 8.68. The molecule has 0 radical (unpaired) electrons. The van der Waals surface area contributed by atoms with Crippen LogP contribution in [0.25, 0.3) is 0 Å². The van der Waals surface area contributed by atoms with Gasteiger partial charge in [-0.15, -0.1) is 11.8 Å². The molecule has 1 aliphatic heterocycles. The van der Waals surface area contributed by atoms with Crippen LogP contribution in [0.2, 0.25) is 0 Å². The molecule has 0 aliphatic carbocycles. The lowest BCUT2D eigenvalue weighted by Crippen LogP contribution is -2.37. The maximum Gasteiger partial charge on any atom is 0.340 e. The van der Waals surface area contributed by atoms with Gasteiger partial charge in [-0.05, 0) is 31.2 Å². The third kappa shape index (κ3) is 4.49. The van der Waals surface area contributed by atoms with Crippen LogP contribution in [0.3, 0.4) is 0 Å². The molecule has 27 heavy (non-hydrogen) atoms. The Balaban J connectivity index is 1.66. The number of anilines is 2. The molecule has 2 aromatic carbocycles. The van der Waals surface area contributed by atoms with Crippen LogP contribution in [0.15, 0.2) is 53.4 Å². The second-order valence-electron chi connectivity index (χ2n) is 5.87. The minimum atomic E-state index is -0.481. The molecular formula is C20H20N2O4S. The number of hydrogen-bond donors (Lipinski definition) is 1. The number of amides is 2. The van der Waals surface area contributed by atoms with Gasteiger partial charge in [0.15, 0.2) is 0 Å². The van der Waals surface area contributed by atoms with E-state index in [1.165, 1.54) is 11.8 Å². The van der Waals surface area contributed by atoms with E-state index in [1.807, 2.05) is 24.3 Å². The lowest BCUT2D eigenvalue weighted by molar-refractivity contribution is -0.117. The predicted octanol–water partition coefficient (Wildman–Crippen LogP) is 3.33. The quantitative estimate of drug-likeness (QED) is 0.773. The summed E-state index contributed by atoms with van der Waals surface area (Å²) >= 11 is 1.50. The zero-order chi connectivity index (χ0) is 19.2. The minimum Gasteiger partial charge on any atom is -0.462 e.